The Morgan fingerprint density at radius 2 is 1.67 bits per heavy atom. The monoisotopic (exact) mass is 137 g/mol. The van der Waals surface area contributed by atoms with Crippen molar-refractivity contribution in [3.8, 4) is 0 Å². The Morgan fingerprint density at radius 1 is 1.33 bits per heavy atom. The molecule has 0 rings (SSSR count). The van der Waals surface area contributed by atoms with Crippen molar-refractivity contribution in [2.24, 2.45) is 0 Å². The van der Waals surface area contributed by atoms with Gasteiger partial charge in [0.05, 0.1) is 0 Å². The first-order valence-electron chi connectivity index (χ1n) is 2.64. The second-order valence-corrected chi connectivity index (χ2v) is 2.60. The van der Waals surface area contributed by atoms with E-state index in [-0.39, 0.29) is 0 Å². The van der Waals surface area contributed by atoms with Crippen LogP contribution in [0.2, 0.25) is 5.31 Å². The fourth-order valence-electron chi connectivity index (χ4n) is 0.134. The van der Waals surface area contributed by atoms with E-state index in [4.69, 9.17) is 0 Å². The predicted molar refractivity (Wildman–Crippen MR) is 33.3 cm³/mol. The molecule has 0 aromatic carbocycles. The molecule has 54 valence electrons. The molecule has 0 saturated heterocycles. The van der Waals surface area contributed by atoms with Crippen LogP contribution in [0.4, 0.5) is 12.9 Å². The van der Waals surface area contributed by atoms with Crippen LogP contribution < -0.4 is 0 Å². The van der Waals surface area contributed by atoms with Gasteiger partial charge in [-0.15, -0.1) is 12.7 Å². The number of rotatable bonds is 2. The molecule has 0 atom stereocenters. The average Bonchev–Trinajstić information content (AvgIpc) is 1.64. The summed E-state index contributed by atoms with van der Waals surface area (Å²) < 4.78 is 35.5. The average molecular weight is 137 g/mol. The molecular formula is C5H9BF3-. The lowest BCUT2D eigenvalue weighted by molar-refractivity contribution is 0.415. The van der Waals surface area contributed by atoms with Gasteiger partial charge in [0.15, 0.2) is 0 Å². The molecule has 0 heterocycles. The lowest BCUT2D eigenvalue weighted by Crippen LogP contribution is -2.29. The Hall–Kier alpha value is -0.405. The summed E-state index contributed by atoms with van der Waals surface area (Å²) >= 11 is 0. The zero-order chi connectivity index (χ0) is 7.71. The molecule has 0 aliphatic heterocycles. The molecule has 0 fully saturated rings. The van der Waals surface area contributed by atoms with Crippen LogP contribution in [-0.4, -0.2) is 6.98 Å². The lowest BCUT2D eigenvalue weighted by atomic mass is 9.60. The van der Waals surface area contributed by atoms with E-state index in [1.54, 1.807) is 0 Å². The van der Waals surface area contributed by atoms with Crippen LogP contribution in [-0.2, 0) is 0 Å². The molecule has 0 nitrogen and oxygen atoms in total. The summed E-state index contributed by atoms with van der Waals surface area (Å²) in [5.41, 5.74) is 0. The summed E-state index contributed by atoms with van der Waals surface area (Å²) in [6.07, 6.45) is 0.924. The first kappa shape index (κ1) is 8.59. The Balaban J connectivity index is 4.32. The highest BCUT2D eigenvalue weighted by molar-refractivity contribution is 6.62. The fourth-order valence-corrected chi connectivity index (χ4v) is 0.134. The Kier molecular flexibility index (Phi) is 1.99. The van der Waals surface area contributed by atoms with Crippen molar-refractivity contribution in [2.45, 2.75) is 19.2 Å². The largest absolute Gasteiger partial charge is 0.487 e. The van der Waals surface area contributed by atoms with Crippen LogP contribution in [0.1, 0.15) is 13.8 Å². The SMILES string of the molecule is C=CC(C)(C)[B-](F)(F)F. The Morgan fingerprint density at radius 3 is 1.67 bits per heavy atom. The van der Waals surface area contributed by atoms with Crippen molar-refractivity contribution in [3.05, 3.63) is 12.7 Å². The van der Waals surface area contributed by atoms with Crippen molar-refractivity contribution in [1.29, 1.82) is 0 Å². The molecule has 0 bridgehead atoms. The van der Waals surface area contributed by atoms with Crippen molar-refractivity contribution < 1.29 is 12.9 Å². The zero-order valence-electron chi connectivity index (χ0n) is 5.50. The summed E-state index contributed by atoms with van der Waals surface area (Å²) in [4.78, 5) is 0. The normalized spacial score (nSPS) is 13.4. The van der Waals surface area contributed by atoms with Crippen LogP contribution in [0.25, 0.3) is 0 Å². The molecule has 0 spiro atoms. The van der Waals surface area contributed by atoms with Gasteiger partial charge in [-0.25, -0.2) is 0 Å². The molecular weight excluding hydrogens is 128 g/mol. The van der Waals surface area contributed by atoms with Gasteiger partial charge in [0, 0.05) is 0 Å². The highest BCUT2D eigenvalue weighted by Gasteiger charge is 2.39. The molecule has 0 aromatic heterocycles. The Labute approximate surface area is 52.8 Å². The van der Waals surface area contributed by atoms with Crippen LogP contribution in [0.5, 0.6) is 0 Å². The number of hydrogen-bond acceptors (Lipinski definition) is 0. The topological polar surface area (TPSA) is 0 Å². The number of hydrogen-bond donors (Lipinski definition) is 0. The van der Waals surface area contributed by atoms with E-state index in [2.05, 4.69) is 6.58 Å². The third kappa shape index (κ3) is 1.77. The molecule has 0 aromatic rings. The van der Waals surface area contributed by atoms with Crippen molar-refractivity contribution in [3.63, 3.8) is 0 Å². The quantitative estimate of drug-likeness (QED) is 0.405. The van der Waals surface area contributed by atoms with Crippen LogP contribution in [0, 0.1) is 0 Å². The van der Waals surface area contributed by atoms with Gasteiger partial charge >= 0.3 is 6.98 Å². The van der Waals surface area contributed by atoms with Gasteiger partial charge in [0.1, 0.15) is 0 Å². The van der Waals surface area contributed by atoms with E-state index in [1.165, 1.54) is 0 Å². The van der Waals surface area contributed by atoms with Gasteiger partial charge < -0.3 is 12.9 Å². The second kappa shape index (κ2) is 2.08. The molecule has 0 amide bonds. The molecule has 0 saturated carbocycles. The number of allylic oxidation sites excluding steroid dienone is 1. The minimum absolute atomic E-state index is 0.924. The van der Waals surface area contributed by atoms with Crippen LogP contribution in [0.15, 0.2) is 12.7 Å². The summed E-state index contributed by atoms with van der Waals surface area (Å²) in [6, 6.07) is 0. The highest BCUT2D eigenvalue weighted by Crippen LogP contribution is 2.40. The maximum absolute atomic E-state index is 11.8. The van der Waals surface area contributed by atoms with E-state index in [0.717, 1.165) is 19.9 Å². The molecule has 4 heteroatoms. The summed E-state index contributed by atoms with van der Waals surface area (Å²) in [5, 5.41) is -1.69. The van der Waals surface area contributed by atoms with Gasteiger partial charge in [-0.3, -0.25) is 0 Å². The number of halogens is 3. The third-order valence-electron chi connectivity index (χ3n) is 1.37. The van der Waals surface area contributed by atoms with Crippen molar-refractivity contribution in [2.75, 3.05) is 0 Å². The van der Waals surface area contributed by atoms with Crippen LogP contribution >= 0.6 is 0 Å². The third-order valence-corrected chi connectivity index (χ3v) is 1.37. The highest BCUT2D eigenvalue weighted by atomic mass is 19.4. The fraction of sp³-hybridized carbons (Fsp3) is 0.600. The van der Waals surface area contributed by atoms with Crippen LogP contribution in [0.3, 0.4) is 0 Å². The lowest BCUT2D eigenvalue weighted by Gasteiger charge is -2.30. The molecule has 9 heavy (non-hydrogen) atoms. The summed E-state index contributed by atoms with van der Waals surface area (Å²) in [5.74, 6) is 0. The minimum Gasteiger partial charge on any atom is -0.448 e. The second-order valence-electron chi connectivity index (χ2n) is 2.60. The summed E-state index contributed by atoms with van der Waals surface area (Å²) in [7, 11) is 0. The molecule has 0 aliphatic carbocycles. The van der Waals surface area contributed by atoms with Gasteiger partial charge in [-0.1, -0.05) is 13.8 Å². The maximum Gasteiger partial charge on any atom is 0.487 e. The standard InChI is InChI=1S/C5H9BF3/c1-4-5(2,3)6(7,8)9/h4H,1H2,2-3H3/q-1. The van der Waals surface area contributed by atoms with Gasteiger partial charge in [0.2, 0.25) is 0 Å². The zero-order valence-corrected chi connectivity index (χ0v) is 5.50. The van der Waals surface area contributed by atoms with E-state index in [0.29, 0.717) is 0 Å². The molecule has 0 N–H and O–H groups in total. The molecule has 0 unspecified atom stereocenters. The predicted octanol–water partition coefficient (Wildman–Crippen LogP) is 2.80. The van der Waals surface area contributed by atoms with Gasteiger partial charge in [-0.05, 0) is 5.31 Å². The first-order valence-corrected chi connectivity index (χ1v) is 2.64. The van der Waals surface area contributed by atoms with Crippen molar-refractivity contribution in [1.82, 2.24) is 0 Å². The van der Waals surface area contributed by atoms with Crippen molar-refractivity contribution >= 4 is 6.98 Å². The van der Waals surface area contributed by atoms with Gasteiger partial charge in [-0.2, -0.15) is 0 Å². The smallest absolute Gasteiger partial charge is 0.448 e. The summed E-state index contributed by atoms with van der Waals surface area (Å²) in [6.45, 7) is 0.546. The maximum atomic E-state index is 11.8. The minimum atomic E-state index is -4.77. The Bertz CT molecular complexity index is 114. The van der Waals surface area contributed by atoms with E-state index in [1.807, 2.05) is 0 Å². The van der Waals surface area contributed by atoms with E-state index < -0.39 is 12.3 Å². The first-order chi connectivity index (χ1) is 3.81. The van der Waals surface area contributed by atoms with E-state index >= 15 is 0 Å². The molecule has 0 aliphatic rings. The van der Waals surface area contributed by atoms with E-state index in [9.17, 15) is 12.9 Å². The molecule has 0 radical (unpaired) electrons. The van der Waals surface area contributed by atoms with Gasteiger partial charge in [0.25, 0.3) is 0 Å².